The Morgan fingerprint density at radius 1 is 1.42 bits per heavy atom. The number of carbonyl (C=O) groups is 1. The summed E-state index contributed by atoms with van der Waals surface area (Å²) in [5, 5.41) is 18.0. The molecule has 0 bridgehead atoms. The average molecular weight is 265 g/mol. The number of hydrogen-bond donors (Lipinski definition) is 1. The Morgan fingerprint density at radius 2 is 2.05 bits per heavy atom. The van der Waals surface area contributed by atoms with Gasteiger partial charge in [0.1, 0.15) is 0 Å². The van der Waals surface area contributed by atoms with Crippen LogP contribution in [0.2, 0.25) is 0 Å². The Kier molecular flexibility index (Phi) is 3.52. The first kappa shape index (κ1) is 13.5. The molecule has 0 aromatic heterocycles. The van der Waals surface area contributed by atoms with Crippen molar-refractivity contribution in [2.45, 2.75) is 31.1 Å². The number of carboxylic acid groups (broad SMARTS) is 1. The lowest BCUT2D eigenvalue weighted by atomic mass is 9.84. The van der Waals surface area contributed by atoms with E-state index in [0.29, 0.717) is 11.1 Å². The van der Waals surface area contributed by atoms with E-state index in [-0.39, 0.29) is 19.3 Å². The minimum Gasteiger partial charge on any atom is -0.481 e. The Labute approximate surface area is 109 Å². The van der Waals surface area contributed by atoms with Crippen molar-refractivity contribution in [3.63, 3.8) is 0 Å². The maximum atomic E-state index is 13.2. The van der Waals surface area contributed by atoms with Crippen molar-refractivity contribution in [2.75, 3.05) is 0 Å². The molecule has 2 rings (SSSR count). The molecule has 1 saturated carbocycles. The second-order valence-corrected chi connectivity index (χ2v) is 4.91. The number of aliphatic carboxylic acids is 1. The van der Waals surface area contributed by atoms with Gasteiger partial charge in [-0.3, -0.25) is 4.79 Å². The van der Waals surface area contributed by atoms with Crippen LogP contribution in [0.1, 0.15) is 36.3 Å². The minimum absolute atomic E-state index is 0.212. The third-order valence-corrected chi connectivity index (χ3v) is 3.58. The van der Waals surface area contributed by atoms with Gasteiger partial charge in [-0.05, 0) is 30.0 Å². The van der Waals surface area contributed by atoms with E-state index in [2.05, 4.69) is 0 Å². The zero-order valence-corrected chi connectivity index (χ0v) is 10.1. The number of halogens is 2. The summed E-state index contributed by atoms with van der Waals surface area (Å²) in [6, 6.07) is 8.03. The summed E-state index contributed by atoms with van der Waals surface area (Å²) in [6.45, 7) is 0. The van der Waals surface area contributed by atoms with Gasteiger partial charge in [-0.25, -0.2) is 8.78 Å². The van der Waals surface area contributed by atoms with Crippen molar-refractivity contribution in [1.29, 1.82) is 5.26 Å². The first-order valence-corrected chi connectivity index (χ1v) is 6.03. The Balaban J connectivity index is 2.26. The highest BCUT2D eigenvalue weighted by Crippen LogP contribution is 2.45. The summed E-state index contributed by atoms with van der Waals surface area (Å²) in [7, 11) is 0. The quantitative estimate of drug-likeness (QED) is 0.913. The van der Waals surface area contributed by atoms with E-state index in [1.165, 1.54) is 24.3 Å². The van der Waals surface area contributed by atoms with Crippen LogP contribution < -0.4 is 0 Å². The summed E-state index contributed by atoms with van der Waals surface area (Å²) in [5.41, 5.74) is 0.902. The first-order valence-electron chi connectivity index (χ1n) is 6.03. The normalized spacial score (nSPS) is 22.7. The SMILES string of the molecule is N#Cc1ccc(C(C(=O)O)C2CCC(F)(F)C2)cc1. The van der Waals surface area contributed by atoms with Crippen molar-refractivity contribution in [3.8, 4) is 6.07 Å². The molecule has 3 nitrogen and oxygen atoms in total. The number of carboxylic acids is 1. The molecule has 2 unspecified atom stereocenters. The molecule has 0 amide bonds. The van der Waals surface area contributed by atoms with Crippen LogP contribution >= 0.6 is 0 Å². The number of nitrogens with zero attached hydrogens (tertiary/aromatic N) is 1. The van der Waals surface area contributed by atoms with Crippen LogP contribution in [0.25, 0.3) is 0 Å². The Bertz CT molecular complexity index is 519. The summed E-state index contributed by atoms with van der Waals surface area (Å²) in [6.07, 6.45) is -0.425. The molecule has 1 N–H and O–H groups in total. The molecule has 100 valence electrons. The molecule has 5 heteroatoms. The summed E-state index contributed by atoms with van der Waals surface area (Å²) < 4.78 is 26.4. The predicted molar refractivity (Wildman–Crippen MR) is 63.8 cm³/mol. The topological polar surface area (TPSA) is 61.1 Å². The monoisotopic (exact) mass is 265 g/mol. The van der Waals surface area contributed by atoms with Crippen LogP contribution in [0.3, 0.4) is 0 Å². The van der Waals surface area contributed by atoms with Gasteiger partial charge in [0.15, 0.2) is 0 Å². The molecule has 19 heavy (non-hydrogen) atoms. The van der Waals surface area contributed by atoms with Crippen molar-refractivity contribution in [3.05, 3.63) is 35.4 Å². The minimum atomic E-state index is -2.76. The zero-order chi connectivity index (χ0) is 14.0. The van der Waals surface area contributed by atoms with Crippen LogP contribution in [0.4, 0.5) is 8.78 Å². The van der Waals surface area contributed by atoms with Crippen LogP contribution in [-0.2, 0) is 4.79 Å². The maximum absolute atomic E-state index is 13.2. The third kappa shape index (κ3) is 2.90. The molecule has 1 aliphatic rings. The van der Waals surface area contributed by atoms with E-state index in [9.17, 15) is 18.7 Å². The van der Waals surface area contributed by atoms with Crippen LogP contribution in [0.5, 0.6) is 0 Å². The molecule has 0 radical (unpaired) electrons. The number of rotatable bonds is 3. The van der Waals surface area contributed by atoms with Gasteiger partial charge < -0.3 is 5.11 Å². The predicted octanol–water partition coefficient (Wildman–Crippen LogP) is 3.16. The molecule has 0 saturated heterocycles. The molecule has 2 atom stereocenters. The molecule has 0 aliphatic heterocycles. The van der Waals surface area contributed by atoms with Crippen LogP contribution in [0, 0.1) is 17.2 Å². The van der Waals surface area contributed by atoms with Gasteiger partial charge in [-0.2, -0.15) is 5.26 Å². The second kappa shape index (κ2) is 4.96. The standard InChI is InChI=1S/C14H13F2NO2/c15-14(16)6-5-11(7-14)12(13(18)19)10-3-1-9(8-17)2-4-10/h1-4,11-12H,5-7H2,(H,18,19). The van der Waals surface area contributed by atoms with Gasteiger partial charge in [0, 0.05) is 12.8 Å². The molecule has 1 aliphatic carbocycles. The molecule has 1 aromatic carbocycles. The van der Waals surface area contributed by atoms with Crippen molar-refractivity contribution in [2.24, 2.45) is 5.92 Å². The molecular weight excluding hydrogens is 252 g/mol. The molecular formula is C14H13F2NO2. The smallest absolute Gasteiger partial charge is 0.311 e. The average Bonchev–Trinajstić information content (AvgIpc) is 2.70. The van der Waals surface area contributed by atoms with Crippen LogP contribution in [0.15, 0.2) is 24.3 Å². The molecule has 1 aromatic rings. The number of hydrogen-bond acceptors (Lipinski definition) is 2. The first-order chi connectivity index (χ1) is 8.93. The summed E-state index contributed by atoms with van der Waals surface area (Å²) in [4.78, 5) is 11.3. The maximum Gasteiger partial charge on any atom is 0.311 e. The van der Waals surface area contributed by atoms with E-state index in [1.54, 1.807) is 0 Å². The van der Waals surface area contributed by atoms with E-state index in [4.69, 9.17) is 5.26 Å². The summed E-state index contributed by atoms with van der Waals surface area (Å²) in [5.74, 6) is -5.33. The lowest BCUT2D eigenvalue weighted by Crippen LogP contribution is -2.21. The Hall–Kier alpha value is -1.96. The van der Waals surface area contributed by atoms with E-state index < -0.39 is 23.7 Å². The number of nitriles is 1. The molecule has 0 heterocycles. The van der Waals surface area contributed by atoms with Gasteiger partial charge >= 0.3 is 5.97 Å². The highest BCUT2D eigenvalue weighted by Gasteiger charge is 2.44. The second-order valence-electron chi connectivity index (χ2n) is 4.91. The van der Waals surface area contributed by atoms with Gasteiger partial charge in [0.05, 0.1) is 17.6 Å². The molecule has 0 spiro atoms. The largest absolute Gasteiger partial charge is 0.481 e. The van der Waals surface area contributed by atoms with Gasteiger partial charge in [-0.15, -0.1) is 0 Å². The van der Waals surface area contributed by atoms with E-state index >= 15 is 0 Å². The Morgan fingerprint density at radius 3 is 2.47 bits per heavy atom. The number of benzene rings is 1. The van der Waals surface area contributed by atoms with E-state index in [1.807, 2.05) is 6.07 Å². The fourth-order valence-electron chi connectivity index (χ4n) is 2.65. The van der Waals surface area contributed by atoms with Crippen LogP contribution in [-0.4, -0.2) is 17.0 Å². The lowest BCUT2D eigenvalue weighted by molar-refractivity contribution is -0.140. The van der Waals surface area contributed by atoms with Gasteiger partial charge in [0.25, 0.3) is 0 Å². The zero-order valence-electron chi connectivity index (χ0n) is 10.1. The lowest BCUT2D eigenvalue weighted by Gasteiger charge is -2.20. The fraction of sp³-hybridized carbons (Fsp3) is 0.429. The van der Waals surface area contributed by atoms with Crippen molar-refractivity contribution < 1.29 is 18.7 Å². The van der Waals surface area contributed by atoms with Crippen molar-refractivity contribution in [1.82, 2.24) is 0 Å². The van der Waals surface area contributed by atoms with Gasteiger partial charge in [0.2, 0.25) is 5.92 Å². The highest BCUT2D eigenvalue weighted by atomic mass is 19.3. The number of alkyl halides is 2. The van der Waals surface area contributed by atoms with E-state index in [0.717, 1.165) is 0 Å². The summed E-state index contributed by atoms with van der Waals surface area (Å²) >= 11 is 0. The fourth-order valence-corrected chi connectivity index (χ4v) is 2.65. The third-order valence-electron chi connectivity index (χ3n) is 3.58. The molecule has 1 fully saturated rings. The van der Waals surface area contributed by atoms with Crippen molar-refractivity contribution >= 4 is 5.97 Å². The van der Waals surface area contributed by atoms with Gasteiger partial charge in [-0.1, -0.05) is 12.1 Å². The highest BCUT2D eigenvalue weighted by molar-refractivity contribution is 5.76.